The number of ether oxygens (including phenoxy) is 1. The number of hydrogen-bond donors (Lipinski definition) is 0. The minimum Gasteiger partial charge on any atom is -0.498 e. The molecule has 1 saturated carbocycles. The zero-order valence-electron chi connectivity index (χ0n) is 10.00. The third kappa shape index (κ3) is 1.73. The summed E-state index contributed by atoms with van der Waals surface area (Å²) in [7, 11) is 0. The van der Waals surface area contributed by atoms with E-state index in [0.29, 0.717) is 5.92 Å². The van der Waals surface area contributed by atoms with Gasteiger partial charge in [0.05, 0.1) is 6.61 Å². The van der Waals surface area contributed by atoms with E-state index in [1.165, 1.54) is 25.7 Å². The van der Waals surface area contributed by atoms with E-state index in [1.807, 2.05) is 13.0 Å². The van der Waals surface area contributed by atoms with Crippen molar-refractivity contribution < 1.29 is 4.74 Å². The second kappa shape index (κ2) is 4.70. The fourth-order valence-corrected chi connectivity index (χ4v) is 3.68. The average molecular weight is 236 g/mol. The van der Waals surface area contributed by atoms with Crippen LogP contribution in [0.15, 0.2) is 24.5 Å². The van der Waals surface area contributed by atoms with E-state index in [1.54, 1.807) is 0 Å². The van der Waals surface area contributed by atoms with Crippen molar-refractivity contribution in [3.8, 4) is 0 Å². The van der Waals surface area contributed by atoms with Gasteiger partial charge in [0.15, 0.2) is 0 Å². The topological polar surface area (TPSA) is 9.23 Å². The van der Waals surface area contributed by atoms with Gasteiger partial charge >= 0.3 is 0 Å². The summed E-state index contributed by atoms with van der Waals surface area (Å²) in [6, 6.07) is 0. The maximum Gasteiger partial charge on any atom is 0.101 e. The maximum absolute atomic E-state index is 5.75. The lowest BCUT2D eigenvalue weighted by Gasteiger charge is -2.39. The van der Waals surface area contributed by atoms with E-state index < -0.39 is 0 Å². The van der Waals surface area contributed by atoms with Crippen LogP contribution in [0, 0.1) is 11.3 Å². The van der Waals surface area contributed by atoms with Crippen LogP contribution in [0.1, 0.15) is 39.0 Å². The van der Waals surface area contributed by atoms with Crippen LogP contribution >= 0.6 is 12.2 Å². The molecule has 0 amide bonds. The van der Waals surface area contributed by atoms with Gasteiger partial charge in [-0.1, -0.05) is 31.1 Å². The van der Waals surface area contributed by atoms with E-state index in [9.17, 15) is 0 Å². The van der Waals surface area contributed by atoms with E-state index in [-0.39, 0.29) is 5.41 Å². The van der Waals surface area contributed by atoms with Crippen LogP contribution in [0.5, 0.6) is 0 Å². The summed E-state index contributed by atoms with van der Waals surface area (Å²) in [4.78, 5) is 1.10. The minimum atomic E-state index is 0.167. The lowest BCUT2D eigenvalue weighted by atomic mass is 9.65. The third-order valence-electron chi connectivity index (χ3n) is 3.96. The number of hydrogen-bond acceptors (Lipinski definition) is 2. The van der Waals surface area contributed by atoms with Gasteiger partial charge in [-0.3, -0.25) is 0 Å². The minimum absolute atomic E-state index is 0.167. The van der Waals surface area contributed by atoms with Gasteiger partial charge < -0.3 is 4.74 Å². The van der Waals surface area contributed by atoms with Gasteiger partial charge in [0.25, 0.3) is 0 Å². The predicted molar refractivity (Wildman–Crippen MR) is 71.5 cm³/mol. The largest absolute Gasteiger partial charge is 0.498 e. The number of rotatable bonds is 4. The van der Waals surface area contributed by atoms with Gasteiger partial charge in [0.2, 0.25) is 0 Å². The quantitative estimate of drug-likeness (QED) is 0.538. The van der Waals surface area contributed by atoms with Crippen molar-refractivity contribution in [2.75, 3.05) is 6.61 Å². The molecular formula is C14H20OS. The molecule has 0 saturated heterocycles. The first-order chi connectivity index (χ1) is 7.74. The molecule has 1 nitrogen and oxygen atoms in total. The van der Waals surface area contributed by atoms with Crippen LogP contribution in [0.3, 0.4) is 0 Å². The van der Waals surface area contributed by atoms with Crippen LogP contribution in [0.2, 0.25) is 0 Å². The molecule has 2 aliphatic rings. The average Bonchev–Trinajstić information content (AvgIpc) is 2.54. The molecule has 0 heterocycles. The Morgan fingerprint density at radius 3 is 3.12 bits per heavy atom. The Morgan fingerprint density at radius 1 is 1.62 bits per heavy atom. The molecule has 0 spiro atoms. The lowest BCUT2D eigenvalue weighted by Crippen LogP contribution is -2.36. The standard InChI is InChI=1S/C14H20OS/c1-3-8-14-9-6-5-7-11(14)12(15-4-2)10-13(14)16/h3,10-11H,1,4-9H2,2H3. The Bertz CT molecular complexity index is 332. The highest BCUT2D eigenvalue weighted by Crippen LogP contribution is 2.53. The summed E-state index contributed by atoms with van der Waals surface area (Å²) in [5, 5.41) is 0. The summed E-state index contributed by atoms with van der Waals surface area (Å²) in [6.45, 7) is 6.68. The summed E-state index contributed by atoms with van der Waals surface area (Å²) in [6.07, 6.45) is 10.2. The molecule has 0 bridgehead atoms. The van der Waals surface area contributed by atoms with Gasteiger partial charge in [0.1, 0.15) is 5.76 Å². The predicted octanol–water partition coefficient (Wildman–Crippen LogP) is 4.04. The van der Waals surface area contributed by atoms with Crippen molar-refractivity contribution in [2.45, 2.75) is 39.0 Å². The fraction of sp³-hybridized carbons (Fsp3) is 0.643. The molecule has 88 valence electrons. The first kappa shape index (κ1) is 11.8. The van der Waals surface area contributed by atoms with E-state index in [4.69, 9.17) is 17.0 Å². The molecule has 2 atom stereocenters. The zero-order chi connectivity index (χ0) is 11.6. The summed E-state index contributed by atoms with van der Waals surface area (Å²) in [5.41, 5.74) is 0.167. The monoisotopic (exact) mass is 236 g/mol. The highest BCUT2D eigenvalue weighted by molar-refractivity contribution is 7.80. The second-order valence-electron chi connectivity index (χ2n) is 4.79. The lowest BCUT2D eigenvalue weighted by molar-refractivity contribution is 0.123. The highest BCUT2D eigenvalue weighted by atomic mass is 32.1. The molecule has 0 radical (unpaired) electrons. The van der Waals surface area contributed by atoms with E-state index in [0.717, 1.165) is 23.7 Å². The first-order valence-corrected chi connectivity index (χ1v) is 6.65. The molecule has 16 heavy (non-hydrogen) atoms. The molecule has 2 unspecified atom stereocenters. The normalized spacial score (nSPS) is 33.2. The number of thiocarbonyl (C=S) groups is 1. The van der Waals surface area contributed by atoms with Crippen LogP contribution in [0.25, 0.3) is 0 Å². The van der Waals surface area contributed by atoms with Crippen molar-refractivity contribution in [3.63, 3.8) is 0 Å². The van der Waals surface area contributed by atoms with Crippen molar-refractivity contribution in [1.82, 2.24) is 0 Å². The molecule has 0 aromatic rings. The summed E-state index contributed by atoms with van der Waals surface area (Å²) in [5.74, 6) is 1.65. The third-order valence-corrected chi connectivity index (χ3v) is 4.48. The van der Waals surface area contributed by atoms with Gasteiger partial charge in [0, 0.05) is 16.2 Å². The molecule has 0 aromatic heterocycles. The van der Waals surface area contributed by atoms with Gasteiger partial charge in [-0.05, 0) is 32.3 Å². The van der Waals surface area contributed by atoms with Gasteiger partial charge in [-0.2, -0.15) is 0 Å². The van der Waals surface area contributed by atoms with Gasteiger partial charge in [-0.15, -0.1) is 6.58 Å². The summed E-state index contributed by atoms with van der Waals surface area (Å²) < 4.78 is 5.75. The zero-order valence-corrected chi connectivity index (χ0v) is 10.8. The molecule has 2 aliphatic carbocycles. The Hall–Kier alpha value is -0.630. The van der Waals surface area contributed by atoms with Crippen LogP contribution in [-0.2, 0) is 4.74 Å². The second-order valence-corrected chi connectivity index (χ2v) is 5.23. The fourth-order valence-electron chi connectivity index (χ4n) is 3.23. The molecule has 2 heteroatoms. The van der Waals surface area contributed by atoms with Crippen molar-refractivity contribution >= 4 is 17.1 Å². The Balaban J connectivity index is 2.28. The highest BCUT2D eigenvalue weighted by Gasteiger charge is 2.48. The molecule has 2 rings (SSSR count). The van der Waals surface area contributed by atoms with Gasteiger partial charge in [-0.25, -0.2) is 0 Å². The molecule has 0 aliphatic heterocycles. The number of fused-ring (bicyclic) bond motifs is 1. The Kier molecular flexibility index (Phi) is 3.48. The van der Waals surface area contributed by atoms with Crippen molar-refractivity contribution in [2.24, 2.45) is 11.3 Å². The smallest absolute Gasteiger partial charge is 0.101 e. The molecule has 1 fully saturated rings. The molecule has 0 aromatic carbocycles. The maximum atomic E-state index is 5.75. The Labute approximate surface area is 104 Å². The van der Waals surface area contributed by atoms with Crippen LogP contribution in [0.4, 0.5) is 0 Å². The van der Waals surface area contributed by atoms with Crippen LogP contribution in [-0.4, -0.2) is 11.5 Å². The Morgan fingerprint density at radius 2 is 2.44 bits per heavy atom. The van der Waals surface area contributed by atoms with E-state index in [2.05, 4.69) is 12.7 Å². The van der Waals surface area contributed by atoms with E-state index >= 15 is 0 Å². The number of allylic oxidation sites excluding steroid dienone is 3. The SMILES string of the molecule is C=CCC12CCCCC1C(OCC)=CC2=S. The molecular weight excluding hydrogens is 216 g/mol. The van der Waals surface area contributed by atoms with Crippen molar-refractivity contribution in [1.29, 1.82) is 0 Å². The van der Waals surface area contributed by atoms with Crippen molar-refractivity contribution in [3.05, 3.63) is 24.5 Å². The summed E-state index contributed by atoms with van der Waals surface area (Å²) >= 11 is 5.58. The molecule has 0 N–H and O–H groups in total. The first-order valence-electron chi connectivity index (χ1n) is 6.24. The van der Waals surface area contributed by atoms with Crippen LogP contribution < -0.4 is 0 Å².